The van der Waals surface area contributed by atoms with Gasteiger partial charge in [0.1, 0.15) is 0 Å². The Balaban J connectivity index is 0.00000338. The van der Waals surface area contributed by atoms with Crippen molar-refractivity contribution in [2.24, 2.45) is 5.92 Å². The van der Waals surface area contributed by atoms with Crippen LogP contribution in [0.2, 0.25) is 0 Å². The number of ether oxygens (including phenoxy) is 1. The van der Waals surface area contributed by atoms with Crippen LogP contribution in [0.5, 0.6) is 0 Å². The minimum Gasteiger partial charge on any atom is -0.383 e. The highest BCUT2D eigenvalue weighted by Gasteiger charge is 2.16. The molecule has 2 amide bonds. The third kappa shape index (κ3) is 7.95. The lowest BCUT2D eigenvalue weighted by Crippen LogP contribution is -2.29. The fourth-order valence-electron chi connectivity index (χ4n) is 2.71. The Morgan fingerprint density at radius 2 is 2.08 bits per heavy atom. The molecule has 1 fully saturated rings. The number of hydrogen-bond donors (Lipinski definition) is 3. The first kappa shape index (κ1) is 22.8. The van der Waals surface area contributed by atoms with Gasteiger partial charge in [0.2, 0.25) is 5.91 Å². The summed E-state index contributed by atoms with van der Waals surface area (Å²) in [5.74, 6) is 0.794. The predicted molar refractivity (Wildman–Crippen MR) is 107 cm³/mol. The van der Waals surface area contributed by atoms with Crippen LogP contribution in [-0.2, 0) is 9.53 Å². The number of carbonyl (C=O) groups excluding carboxylic acids is 2. The molecule has 1 unspecified atom stereocenters. The van der Waals surface area contributed by atoms with Crippen LogP contribution in [0.25, 0.3) is 0 Å². The first-order valence-electron chi connectivity index (χ1n) is 8.67. The molecule has 1 aliphatic heterocycles. The number of thioether (sulfide) groups is 1. The summed E-state index contributed by atoms with van der Waals surface area (Å²) < 4.78 is 4.90. The van der Waals surface area contributed by atoms with Gasteiger partial charge in [-0.3, -0.25) is 9.59 Å². The molecule has 2 rings (SSSR count). The molecule has 146 valence electrons. The van der Waals surface area contributed by atoms with Crippen molar-refractivity contribution in [3.05, 3.63) is 29.8 Å². The van der Waals surface area contributed by atoms with Crippen LogP contribution >= 0.6 is 24.2 Å². The van der Waals surface area contributed by atoms with Crippen LogP contribution in [0.15, 0.2) is 29.2 Å². The third-order valence-corrected chi connectivity index (χ3v) is 5.19. The number of hydrogen-bond acceptors (Lipinski definition) is 5. The maximum atomic E-state index is 12.4. The van der Waals surface area contributed by atoms with E-state index in [2.05, 4.69) is 16.0 Å². The molecule has 0 aromatic heterocycles. The number of carbonyl (C=O) groups is 2. The van der Waals surface area contributed by atoms with Crippen LogP contribution in [-0.4, -0.2) is 57.5 Å². The lowest BCUT2D eigenvalue weighted by Gasteiger charge is -2.12. The summed E-state index contributed by atoms with van der Waals surface area (Å²) in [6.45, 7) is 3.78. The molecule has 0 aliphatic carbocycles. The van der Waals surface area contributed by atoms with Gasteiger partial charge >= 0.3 is 0 Å². The van der Waals surface area contributed by atoms with E-state index in [0.29, 0.717) is 31.2 Å². The van der Waals surface area contributed by atoms with Gasteiger partial charge in [0.25, 0.3) is 5.91 Å². The van der Waals surface area contributed by atoms with Gasteiger partial charge < -0.3 is 20.7 Å². The van der Waals surface area contributed by atoms with Crippen molar-refractivity contribution in [2.45, 2.75) is 17.7 Å². The summed E-state index contributed by atoms with van der Waals surface area (Å²) in [7, 11) is 1.60. The molecule has 0 radical (unpaired) electrons. The molecular formula is C18H28ClN3O3S. The zero-order valence-corrected chi connectivity index (χ0v) is 16.7. The summed E-state index contributed by atoms with van der Waals surface area (Å²) in [5, 5.41) is 9.11. The standard InChI is InChI=1S/C18H27N3O3S.ClH/c1-24-11-10-20-17(22)13-25-16-5-3-2-4-15(16)18(23)21-9-7-14-6-8-19-12-14;/h2-5,14,19H,6-13H2,1H3,(H,20,22)(H,21,23);1H. The molecule has 0 saturated carbocycles. The molecular weight excluding hydrogens is 374 g/mol. The van der Waals surface area contributed by atoms with Gasteiger partial charge in [-0.25, -0.2) is 0 Å². The smallest absolute Gasteiger partial charge is 0.252 e. The number of rotatable bonds is 10. The average Bonchev–Trinajstić information content (AvgIpc) is 3.14. The van der Waals surface area contributed by atoms with Crippen molar-refractivity contribution in [1.82, 2.24) is 16.0 Å². The molecule has 1 aliphatic rings. The van der Waals surface area contributed by atoms with Crippen LogP contribution in [0.4, 0.5) is 0 Å². The molecule has 3 N–H and O–H groups in total. The minimum atomic E-state index is -0.0751. The van der Waals surface area contributed by atoms with Crippen molar-refractivity contribution in [3.8, 4) is 0 Å². The monoisotopic (exact) mass is 401 g/mol. The second-order valence-corrected chi connectivity index (χ2v) is 7.05. The highest BCUT2D eigenvalue weighted by atomic mass is 35.5. The van der Waals surface area contributed by atoms with Gasteiger partial charge in [0.15, 0.2) is 0 Å². The van der Waals surface area contributed by atoms with Crippen LogP contribution < -0.4 is 16.0 Å². The van der Waals surface area contributed by atoms with Crippen LogP contribution in [0.3, 0.4) is 0 Å². The van der Waals surface area contributed by atoms with Crippen molar-refractivity contribution < 1.29 is 14.3 Å². The van der Waals surface area contributed by atoms with Gasteiger partial charge in [-0.05, 0) is 44.0 Å². The largest absolute Gasteiger partial charge is 0.383 e. The van der Waals surface area contributed by atoms with E-state index < -0.39 is 0 Å². The van der Waals surface area contributed by atoms with E-state index in [1.54, 1.807) is 13.2 Å². The molecule has 1 saturated heterocycles. The van der Waals surface area contributed by atoms with Crippen molar-refractivity contribution in [1.29, 1.82) is 0 Å². The lowest BCUT2D eigenvalue weighted by atomic mass is 10.1. The molecule has 0 bridgehead atoms. The summed E-state index contributed by atoms with van der Waals surface area (Å²) >= 11 is 1.38. The van der Waals surface area contributed by atoms with E-state index in [-0.39, 0.29) is 30.0 Å². The normalized spacial score (nSPS) is 16.0. The Morgan fingerprint density at radius 3 is 2.81 bits per heavy atom. The van der Waals surface area contributed by atoms with Gasteiger partial charge in [-0.2, -0.15) is 0 Å². The molecule has 8 heteroatoms. The van der Waals surface area contributed by atoms with Gasteiger partial charge in [-0.15, -0.1) is 24.2 Å². The van der Waals surface area contributed by atoms with Crippen LogP contribution in [0.1, 0.15) is 23.2 Å². The fraction of sp³-hybridized carbons (Fsp3) is 0.556. The Bertz CT molecular complexity index is 568. The Labute approximate surface area is 165 Å². The molecule has 0 spiro atoms. The fourth-order valence-corrected chi connectivity index (χ4v) is 3.59. The van der Waals surface area contributed by atoms with E-state index in [9.17, 15) is 9.59 Å². The lowest BCUT2D eigenvalue weighted by molar-refractivity contribution is -0.118. The van der Waals surface area contributed by atoms with E-state index in [4.69, 9.17) is 4.74 Å². The maximum Gasteiger partial charge on any atom is 0.252 e. The Kier molecular flexibility index (Phi) is 11.4. The first-order chi connectivity index (χ1) is 12.2. The SMILES string of the molecule is COCCNC(=O)CSc1ccccc1C(=O)NCCC1CCNC1.Cl. The Hall–Kier alpha value is -1.28. The average molecular weight is 402 g/mol. The Morgan fingerprint density at radius 1 is 1.27 bits per heavy atom. The first-order valence-corrected chi connectivity index (χ1v) is 9.65. The van der Waals surface area contributed by atoms with E-state index in [1.165, 1.54) is 18.2 Å². The van der Waals surface area contributed by atoms with Crippen molar-refractivity contribution >= 4 is 36.0 Å². The molecule has 1 aromatic rings. The summed E-state index contributed by atoms with van der Waals surface area (Å²) in [6, 6.07) is 7.41. The predicted octanol–water partition coefficient (Wildman–Crippen LogP) is 1.69. The van der Waals surface area contributed by atoms with E-state index >= 15 is 0 Å². The molecule has 26 heavy (non-hydrogen) atoms. The zero-order chi connectivity index (χ0) is 17.9. The topological polar surface area (TPSA) is 79.5 Å². The molecule has 6 nitrogen and oxygen atoms in total. The summed E-state index contributed by atoms with van der Waals surface area (Å²) in [5.41, 5.74) is 0.627. The minimum absolute atomic E-state index is 0. The second-order valence-electron chi connectivity index (χ2n) is 6.03. The summed E-state index contributed by atoms with van der Waals surface area (Å²) in [4.78, 5) is 25.1. The maximum absolute atomic E-state index is 12.4. The van der Waals surface area contributed by atoms with Crippen molar-refractivity contribution in [2.75, 3.05) is 45.6 Å². The van der Waals surface area contributed by atoms with Crippen molar-refractivity contribution in [3.63, 3.8) is 0 Å². The zero-order valence-electron chi connectivity index (χ0n) is 15.1. The van der Waals surface area contributed by atoms with Gasteiger partial charge in [0, 0.05) is 25.1 Å². The molecule has 1 aromatic carbocycles. The van der Waals surface area contributed by atoms with E-state index in [0.717, 1.165) is 24.4 Å². The van der Waals surface area contributed by atoms with Gasteiger partial charge in [-0.1, -0.05) is 12.1 Å². The van der Waals surface area contributed by atoms with Gasteiger partial charge in [0.05, 0.1) is 17.9 Å². The second kappa shape index (κ2) is 13.0. The number of amides is 2. The quantitative estimate of drug-likeness (QED) is 0.410. The number of nitrogens with one attached hydrogen (secondary N) is 3. The van der Waals surface area contributed by atoms with Crippen LogP contribution in [0, 0.1) is 5.92 Å². The number of benzene rings is 1. The van der Waals surface area contributed by atoms with E-state index in [1.807, 2.05) is 18.2 Å². The number of halogens is 1. The highest BCUT2D eigenvalue weighted by molar-refractivity contribution is 8.00. The number of methoxy groups -OCH3 is 1. The summed E-state index contributed by atoms with van der Waals surface area (Å²) in [6.07, 6.45) is 2.18. The molecule has 1 heterocycles. The molecule has 1 atom stereocenters. The highest BCUT2D eigenvalue weighted by Crippen LogP contribution is 2.22. The third-order valence-electron chi connectivity index (χ3n) is 4.12.